The molecule has 1 fully saturated rings. The third-order valence-electron chi connectivity index (χ3n) is 3.73. The predicted molar refractivity (Wildman–Crippen MR) is 79.7 cm³/mol. The van der Waals surface area contributed by atoms with Crippen molar-refractivity contribution < 1.29 is 8.42 Å². The number of thiazole rings is 1. The van der Waals surface area contributed by atoms with Crippen LogP contribution < -0.4 is 10.2 Å². The van der Waals surface area contributed by atoms with E-state index in [-0.39, 0.29) is 9.08 Å². The highest BCUT2D eigenvalue weighted by molar-refractivity contribution is 7.91. The average Bonchev–Trinajstić information content (AvgIpc) is 2.76. The highest BCUT2D eigenvalue weighted by atomic mass is 32.2. The van der Waals surface area contributed by atoms with Crippen LogP contribution >= 0.6 is 11.3 Å². The molecule has 1 aliphatic heterocycles. The summed E-state index contributed by atoms with van der Waals surface area (Å²) in [4.78, 5) is 13.5. The van der Waals surface area contributed by atoms with Crippen LogP contribution in [0, 0.1) is 12.8 Å². The summed E-state index contributed by atoms with van der Waals surface area (Å²) in [7, 11) is -1.58. The van der Waals surface area contributed by atoms with E-state index in [9.17, 15) is 13.2 Å². The Balaban J connectivity index is 2.06. The van der Waals surface area contributed by atoms with Crippen molar-refractivity contribution in [1.29, 1.82) is 0 Å². The Morgan fingerprint density at radius 3 is 2.55 bits per heavy atom. The van der Waals surface area contributed by atoms with Gasteiger partial charge in [0.1, 0.15) is 0 Å². The van der Waals surface area contributed by atoms with Crippen LogP contribution in [0.3, 0.4) is 0 Å². The van der Waals surface area contributed by atoms with E-state index in [0.29, 0.717) is 24.7 Å². The molecule has 1 aliphatic rings. The number of nitrogens with zero attached hydrogens (tertiary/aromatic N) is 1. The van der Waals surface area contributed by atoms with Crippen molar-refractivity contribution in [3.63, 3.8) is 0 Å². The van der Waals surface area contributed by atoms with Crippen LogP contribution in [0.1, 0.15) is 25.0 Å². The van der Waals surface area contributed by atoms with Crippen molar-refractivity contribution >= 4 is 21.4 Å². The van der Waals surface area contributed by atoms with Gasteiger partial charge in [-0.3, -0.25) is 4.79 Å². The van der Waals surface area contributed by atoms with Gasteiger partial charge >= 0.3 is 4.87 Å². The van der Waals surface area contributed by atoms with Crippen molar-refractivity contribution in [2.24, 2.45) is 5.92 Å². The van der Waals surface area contributed by atoms with E-state index in [0.717, 1.165) is 37.1 Å². The number of hydrogen-bond donors (Lipinski definition) is 2. The van der Waals surface area contributed by atoms with Crippen LogP contribution in [-0.4, -0.2) is 44.4 Å². The molecule has 2 rings (SSSR count). The molecule has 0 aromatic carbocycles. The molecule has 1 saturated heterocycles. The smallest absolute Gasteiger partial charge is 0.305 e. The maximum absolute atomic E-state index is 12.5. The van der Waals surface area contributed by atoms with E-state index in [4.69, 9.17) is 0 Å². The highest BCUT2D eigenvalue weighted by Gasteiger charge is 2.31. The minimum atomic E-state index is -3.51. The Morgan fingerprint density at radius 1 is 1.40 bits per heavy atom. The maximum Gasteiger partial charge on any atom is 0.305 e. The van der Waals surface area contributed by atoms with E-state index >= 15 is 0 Å². The first-order valence-corrected chi connectivity index (χ1v) is 9.05. The number of aromatic amines is 1. The quantitative estimate of drug-likeness (QED) is 0.839. The molecule has 1 aromatic heterocycles. The van der Waals surface area contributed by atoms with Crippen molar-refractivity contribution in [3.8, 4) is 0 Å². The number of H-pyrrole nitrogens is 1. The molecule has 0 amide bonds. The molecule has 20 heavy (non-hydrogen) atoms. The lowest BCUT2D eigenvalue weighted by Crippen LogP contribution is -2.38. The fourth-order valence-corrected chi connectivity index (χ4v) is 5.45. The SMILES string of the molecule is CNCCC1CCN(S(=O)(=O)c2sc(=O)[nH]c2C)CC1. The molecule has 0 atom stereocenters. The molecule has 2 N–H and O–H groups in total. The topological polar surface area (TPSA) is 82.3 Å². The number of sulfonamides is 1. The third-order valence-corrected chi connectivity index (χ3v) is 7.21. The summed E-state index contributed by atoms with van der Waals surface area (Å²) in [5.74, 6) is 0.583. The summed E-state index contributed by atoms with van der Waals surface area (Å²) in [6, 6.07) is 0. The molecule has 0 aliphatic carbocycles. The van der Waals surface area contributed by atoms with E-state index in [1.807, 2.05) is 7.05 Å². The second kappa shape index (κ2) is 6.38. The van der Waals surface area contributed by atoms with Crippen LogP contribution in [0.25, 0.3) is 0 Å². The van der Waals surface area contributed by atoms with Gasteiger partial charge in [-0.25, -0.2) is 8.42 Å². The van der Waals surface area contributed by atoms with Crippen molar-refractivity contribution in [2.75, 3.05) is 26.7 Å². The predicted octanol–water partition coefficient (Wildman–Crippen LogP) is 0.755. The first-order chi connectivity index (χ1) is 9.45. The summed E-state index contributed by atoms with van der Waals surface area (Å²) in [6.07, 6.45) is 2.86. The molecule has 0 bridgehead atoms. The van der Waals surface area contributed by atoms with Crippen molar-refractivity contribution in [2.45, 2.75) is 30.4 Å². The first kappa shape index (κ1) is 15.7. The summed E-state index contributed by atoms with van der Waals surface area (Å²) < 4.78 is 26.7. The number of aryl methyl sites for hydroxylation is 1. The standard InChI is InChI=1S/C12H21N3O3S2/c1-9-11(19-12(16)14-9)20(17,18)15-7-4-10(5-8-15)3-6-13-2/h10,13H,3-8H2,1-2H3,(H,14,16). The van der Waals surface area contributed by atoms with E-state index in [2.05, 4.69) is 10.3 Å². The second-order valence-corrected chi connectivity index (χ2v) is 8.28. The Bertz CT molecular complexity index is 598. The zero-order valence-corrected chi connectivity index (χ0v) is 13.4. The largest absolute Gasteiger partial charge is 0.320 e. The number of aromatic nitrogens is 1. The van der Waals surface area contributed by atoms with E-state index in [1.54, 1.807) is 6.92 Å². The van der Waals surface area contributed by atoms with Gasteiger partial charge in [-0.2, -0.15) is 4.31 Å². The first-order valence-electron chi connectivity index (χ1n) is 6.79. The summed E-state index contributed by atoms with van der Waals surface area (Å²) in [5, 5.41) is 3.12. The van der Waals surface area contributed by atoms with Gasteiger partial charge < -0.3 is 10.3 Å². The van der Waals surface area contributed by atoms with Crippen LogP contribution in [0.4, 0.5) is 0 Å². The van der Waals surface area contributed by atoms with Gasteiger partial charge in [0.15, 0.2) is 4.21 Å². The average molecular weight is 319 g/mol. The van der Waals surface area contributed by atoms with E-state index in [1.165, 1.54) is 4.31 Å². The number of nitrogens with one attached hydrogen (secondary N) is 2. The third kappa shape index (κ3) is 3.30. The van der Waals surface area contributed by atoms with Gasteiger partial charge in [0.2, 0.25) is 0 Å². The molecule has 0 saturated carbocycles. The summed E-state index contributed by atoms with van der Waals surface area (Å²) in [6.45, 7) is 3.69. The minimum Gasteiger partial charge on any atom is -0.320 e. The van der Waals surface area contributed by atoms with Gasteiger partial charge in [0.25, 0.3) is 10.0 Å². The van der Waals surface area contributed by atoms with Crippen LogP contribution in [0.2, 0.25) is 0 Å². The lowest BCUT2D eigenvalue weighted by Gasteiger charge is -2.30. The molecular formula is C12H21N3O3S2. The van der Waals surface area contributed by atoms with Gasteiger partial charge in [-0.05, 0) is 45.7 Å². The minimum absolute atomic E-state index is 0.163. The zero-order valence-electron chi connectivity index (χ0n) is 11.8. The molecule has 1 aromatic rings. The number of rotatable bonds is 5. The van der Waals surface area contributed by atoms with Crippen LogP contribution in [0.15, 0.2) is 9.00 Å². The van der Waals surface area contributed by atoms with Crippen molar-refractivity contribution in [1.82, 2.24) is 14.6 Å². The highest BCUT2D eigenvalue weighted by Crippen LogP contribution is 2.27. The molecule has 8 heteroatoms. The molecule has 0 radical (unpaired) electrons. The van der Waals surface area contributed by atoms with Gasteiger partial charge in [0.05, 0.1) is 0 Å². The Morgan fingerprint density at radius 2 is 2.05 bits per heavy atom. The summed E-state index contributed by atoms with van der Waals surface area (Å²) >= 11 is 0.779. The van der Waals surface area contributed by atoms with Crippen LogP contribution in [-0.2, 0) is 10.0 Å². The second-order valence-electron chi connectivity index (χ2n) is 5.17. The fourth-order valence-electron chi connectivity index (χ4n) is 2.54. The van der Waals surface area contributed by atoms with Crippen molar-refractivity contribution in [3.05, 3.63) is 15.4 Å². The summed E-state index contributed by atoms with van der Waals surface area (Å²) in [5.41, 5.74) is 0.442. The molecule has 0 unspecified atom stereocenters. The number of piperidine rings is 1. The Labute approximate surface area is 123 Å². The molecule has 6 nitrogen and oxygen atoms in total. The molecular weight excluding hydrogens is 298 g/mol. The Hall–Kier alpha value is -0.700. The normalized spacial score (nSPS) is 18.5. The molecule has 0 spiro atoms. The van der Waals surface area contributed by atoms with Gasteiger partial charge in [-0.1, -0.05) is 11.3 Å². The molecule has 2 heterocycles. The zero-order chi connectivity index (χ0) is 14.8. The van der Waals surface area contributed by atoms with Gasteiger partial charge in [0, 0.05) is 18.8 Å². The maximum atomic E-state index is 12.5. The van der Waals surface area contributed by atoms with E-state index < -0.39 is 10.0 Å². The molecule has 114 valence electrons. The lowest BCUT2D eigenvalue weighted by molar-refractivity contribution is 0.263. The number of hydrogen-bond acceptors (Lipinski definition) is 5. The Kier molecular flexibility index (Phi) is 5.00. The fraction of sp³-hybridized carbons (Fsp3) is 0.750. The lowest BCUT2D eigenvalue weighted by atomic mass is 9.95. The monoisotopic (exact) mass is 319 g/mol. The van der Waals surface area contributed by atoms with Crippen LogP contribution in [0.5, 0.6) is 0 Å². The van der Waals surface area contributed by atoms with Gasteiger partial charge in [-0.15, -0.1) is 0 Å².